The van der Waals surface area contributed by atoms with Gasteiger partial charge in [0.25, 0.3) is 0 Å². The Hall–Kier alpha value is -3.80. The molecule has 0 aliphatic carbocycles. The van der Waals surface area contributed by atoms with Crippen molar-refractivity contribution in [3.63, 3.8) is 0 Å². The van der Waals surface area contributed by atoms with Crippen LogP contribution in [-0.4, -0.2) is 49.2 Å². The van der Waals surface area contributed by atoms with Gasteiger partial charge < -0.3 is 14.6 Å². The molecule has 1 heterocycles. The first-order chi connectivity index (χ1) is 18.4. The van der Waals surface area contributed by atoms with Crippen LogP contribution >= 0.6 is 0 Å². The second kappa shape index (κ2) is 12.2. The number of halogens is 2. The lowest BCUT2D eigenvalue weighted by Crippen LogP contribution is -2.47. The van der Waals surface area contributed by atoms with E-state index in [4.69, 9.17) is 14.6 Å². The van der Waals surface area contributed by atoms with Gasteiger partial charge in [0.2, 0.25) is 0 Å². The molecule has 1 unspecified atom stereocenters. The number of nitrogens with zero attached hydrogens (tertiary/aromatic N) is 2. The van der Waals surface area contributed by atoms with Crippen molar-refractivity contribution in [3.8, 4) is 17.6 Å². The highest BCUT2D eigenvalue weighted by molar-refractivity contribution is 5.97. The van der Waals surface area contributed by atoms with Gasteiger partial charge in [-0.3, -0.25) is 9.69 Å². The second-order valence-corrected chi connectivity index (χ2v) is 9.26. The van der Waals surface area contributed by atoms with E-state index in [1.165, 1.54) is 37.4 Å². The number of aliphatic hydroxyl groups is 1. The van der Waals surface area contributed by atoms with Gasteiger partial charge in [-0.1, -0.05) is 24.3 Å². The lowest BCUT2D eigenvalue weighted by atomic mass is 9.72. The van der Waals surface area contributed by atoms with Crippen LogP contribution in [0.2, 0.25) is 0 Å². The molecule has 1 aliphatic heterocycles. The third-order valence-corrected chi connectivity index (χ3v) is 7.20. The number of aliphatic hydroxyl groups excluding tert-OH is 1. The Morgan fingerprint density at radius 3 is 2.24 bits per heavy atom. The van der Waals surface area contributed by atoms with E-state index in [9.17, 15) is 18.8 Å². The Balaban J connectivity index is 1.58. The van der Waals surface area contributed by atoms with Crippen molar-refractivity contribution in [1.82, 2.24) is 4.90 Å². The molecule has 3 aromatic carbocycles. The summed E-state index contributed by atoms with van der Waals surface area (Å²) in [6.45, 7) is 1.09. The fraction of sp³-hybridized carbons (Fsp3) is 0.333. The van der Waals surface area contributed by atoms with Gasteiger partial charge in [0.05, 0.1) is 25.3 Å². The lowest BCUT2D eigenvalue weighted by Gasteiger charge is -2.43. The first-order valence-electron chi connectivity index (χ1n) is 12.5. The largest absolute Gasteiger partial charge is 0.493 e. The van der Waals surface area contributed by atoms with Gasteiger partial charge in [-0.2, -0.15) is 5.26 Å². The van der Waals surface area contributed by atoms with Crippen LogP contribution in [0.4, 0.5) is 8.78 Å². The van der Waals surface area contributed by atoms with Crippen molar-refractivity contribution < 1.29 is 28.2 Å². The summed E-state index contributed by atoms with van der Waals surface area (Å²) >= 11 is 0. The predicted molar refractivity (Wildman–Crippen MR) is 138 cm³/mol. The van der Waals surface area contributed by atoms with E-state index < -0.39 is 17.9 Å². The monoisotopic (exact) mass is 520 g/mol. The molecular formula is C30H30F2N2O4. The van der Waals surface area contributed by atoms with Crippen LogP contribution in [-0.2, 0) is 5.54 Å². The fourth-order valence-corrected chi connectivity index (χ4v) is 5.50. The Kier molecular flexibility index (Phi) is 8.72. The summed E-state index contributed by atoms with van der Waals surface area (Å²) in [6, 6.07) is 19.7. The molecule has 0 bridgehead atoms. The number of methoxy groups -OCH3 is 1. The second-order valence-electron chi connectivity index (χ2n) is 9.26. The van der Waals surface area contributed by atoms with Crippen molar-refractivity contribution in [2.75, 3.05) is 33.4 Å². The van der Waals surface area contributed by atoms with Gasteiger partial charge in [-0.05, 0) is 78.9 Å². The molecule has 3 aromatic rings. The van der Waals surface area contributed by atoms with Gasteiger partial charge in [0.1, 0.15) is 18.2 Å². The van der Waals surface area contributed by atoms with Gasteiger partial charge in [0, 0.05) is 18.5 Å². The van der Waals surface area contributed by atoms with Crippen molar-refractivity contribution >= 4 is 5.78 Å². The molecule has 1 fully saturated rings. The van der Waals surface area contributed by atoms with Crippen molar-refractivity contribution in [1.29, 1.82) is 5.26 Å². The number of benzene rings is 3. The minimum Gasteiger partial charge on any atom is -0.493 e. The number of rotatable bonds is 11. The first-order valence-corrected chi connectivity index (χ1v) is 12.5. The van der Waals surface area contributed by atoms with E-state index in [1.54, 1.807) is 36.4 Å². The summed E-state index contributed by atoms with van der Waals surface area (Å²) in [7, 11) is 1.48. The molecule has 1 atom stereocenters. The highest BCUT2D eigenvalue weighted by atomic mass is 19.1. The normalized spacial score (nSPS) is 16.7. The Morgan fingerprint density at radius 2 is 1.68 bits per heavy atom. The zero-order valence-corrected chi connectivity index (χ0v) is 21.2. The first kappa shape index (κ1) is 27.2. The minimum atomic E-state index is -0.721. The summed E-state index contributed by atoms with van der Waals surface area (Å²) in [5, 5.41) is 18.7. The molecule has 0 aromatic heterocycles. The number of nitriles is 1. The zero-order valence-electron chi connectivity index (χ0n) is 21.2. The topological polar surface area (TPSA) is 82.8 Å². The van der Waals surface area contributed by atoms with Crippen LogP contribution in [0.5, 0.6) is 11.5 Å². The zero-order chi connectivity index (χ0) is 27.1. The average molecular weight is 521 g/mol. The molecular weight excluding hydrogens is 490 g/mol. The number of carbonyl (C=O) groups excluding carboxylic acids is 1. The third kappa shape index (κ3) is 5.40. The van der Waals surface area contributed by atoms with E-state index in [2.05, 4.69) is 11.0 Å². The van der Waals surface area contributed by atoms with Gasteiger partial charge in [-0.15, -0.1) is 0 Å². The maximum atomic E-state index is 13.9. The quantitative estimate of drug-likeness (QED) is 0.280. The van der Waals surface area contributed by atoms with Crippen LogP contribution in [0.1, 0.15) is 40.7 Å². The van der Waals surface area contributed by atoms with Crippen molar-refractivity contribution in [2.24, 2.45) is 5.92 Å². The molecule has 4 rings (SSSR count). The average Bonchev–Trinajstić information content (AvgIpc) is 3.30. The maximum absolute atomic E-state index is 13.9. The van der Waals surface area contributed by atoms with E-state index in [-0.39, 0.29) is 17.6 Å². The number of Topliss-reactive ketones (excluding diaryl/α,β-unsaturated/α-hetero) is 1. The Morgan fingerprint density at radius 1 is 1.05 bits per heavy atom. The standard InChI is InChI=1S/C30H30F2N2O4/c1-37-29-19-21(27(36)20-35)3-12-28(29)38-18-2-16-34-17-14-24(13-15-33)30(34,22-4-8-25(31)9-5-22)23-6-10-26(32)11-7-23/h3-12,19,24,35H,2,13-14,16-18,20H2,1H3. The maximum Gasteiger partial charge on any atom is 0.188 e. The summed E-state index contributed by atoms with van der Waals surface area (Å²) in [5.74, 6) is -0.299. The molecule has 38 heavy (non-hydrogen) atoms. The van der Waals surface area contributed by atoms with Gasteiger partial charge in [0.15, 0.2) is 17.3 Å². The highest BCUT2D eigenvalue weighted by Gasteiger charge is 2.50. The predicted octanol–water partition coefficient (Wildman–Crippen LogP) is 5.10. The SMILES string of the molecule is COc1cc(C(=O)CO)ccc1OCCCN1CCC(CC#N)C1(c1ccc(F)cc1)c1ccc(F)cc1. The third-order valence-electron chi connectivity index (χ3n) is 7.20. The summed E-state index contributed by atoms with van der Waals surface area (Å²) in [6.07, 6.45) is 1.69. The van der Waals surface area contributed by atoms with E-state index in [0.29, 0.717) is 49.6 Å². The van der Waals surface area contributed by atoms with Crippen LogP contribution in [0.3, 0.4) is 0 Å². The number of likely N-dealkylation sites (tertiary alicyclic amines) is 1. The van der Waals surface area contributed by atoms with Crippen LogP contribution in [0.15, 0.2) is 66.7 Å². The van der Waals surface area contributed by atoms with Crippen LogP contribution < -0.4 is 9.47 Å². The van der Waals surface area contributed by atoms with Crippen molar-refractivity contribution in [3.05, 3.63) is 95.1 Å². The fourth-order valence-electron chi connectivity index (χ4n) is 5.50. The van der Waals surface area contributed by atoms with E-state index in [0.717, 1.165) is 17.5 Å². The molecule has 0 radical (unpaired) electrons. The lowest BCUT2D eigenvalue weighted by molar-refractivity contribution is 0.0903. The highest BCUT2D eigenvalue weighted by Crippen LogP contribution is 2.50. The molecule has 1 aliphatic rings. The number of hydrogen-bond donors (Lipinski definition) is 1. The van der Waals surface area contributed by atoms with Gasteiger partial charge in [-0.25, -0.2) is 8.78 Å². The molecule has 0 amide bonds. The Bertz CT molecular complexity index is 1240. The molecule has 1 N–H and O–H groups in total. The number of ether oxygens (including phenoxy) is 2. The minimum absolute atomic E-state index is 0.0685. The molecule has 6 nitrogen and oxygen atoms in total. The smallest absolute Gasteiger partial charge is 0.188 e. The Labute approximate surface area is 221 Å². The number of carbonyl (C=O) groups is 1. The summed E-state index contributed by atoms with van der Waals surface area (Å²) in [4.78, 5) is 14.1. The van der Waals surface area contributed by atoms with E-state index >= 15 is 0 Å². The van der Waals surface area contributed by atoms with Crippen molar-refractivity contribution in [2.45, 2.75) is 24.8 Å². The van der Waals surface area contributed by atoms with Crippen LogP contribution in [0.25, 0.3) is 0 Å². The molecule has 8 heteroatoms. The number of ketones is 1. The van der Waals surface area contributed by atoms with Gasteiger partial charge >= 0.3 is 0 Å². The van der Waals surface area contributed by atoms with E-state index in [1.807, 2.05) is 0 Å². The van der Waals surface area contributed by atoms with Crippen LogP contribution in [0, 0.1) is 28.9 Å². The molecule has 198 valence electrons. The summed E-state index contributed by atoms with van der Waals surface area (Å²) in [5.41, 5.74) is 1.33. The molecule has 1 saturated heterocycles. The summed E-state index contributed by atoms with van der Waals surface area (Å²) < 4.78 is 39.1. The molecule has 0 saturated carbocycles. The number of hydrogen-bond acceptors (Lipinski definition) is 6. The molecule has 0 spiro atoms.